The molecule has 0 aliphatic carbocycles. The second kappa shape index (κ2) is 6.49. The van der Waals surface area contributed by atoms with Crippen LogP contribution in [-0.4, -0.2) is 35.1 Å². The van der Waals surface area contributed by atoms with E-state index >= 15 is 0 Å². The molecule has 1 saturated heterocycles. The molecule has 1 fully saturated rings. The summed E-state index contributed by atoms with van der Waals surface area (Å²) in [6.45, 7) is 11.5. The number of hydrogen-bond acceptors (Lipinski definition) is 3. The maximum Gasteiger partial charge on any atom is 0.0338 e. The van der Waals surface area contributed by atoms with Gasteiger partial charge in [0.1, 0.15) is 0 Å². The molecular weight excluding hydrogens is 234 g/mol. The molecule has 0 spiro atoms. The highest BCUT2D eigenvalue weighted by atomic mass is 15.2. The van der Waals surface area contributed by atoms with Crippen molar-refractivity contribution in [3.05, 3.63) is 30.1 Å². The van der Waals surface area contributed by atoms with Gasteiger partial charge in [0, 0.05) is 37.1 Å². The number of rotatable bonds is 4. The fraction of sp³-hybridized carbons (Fsp3) is 0.688. The molecule has 1 N–H and O–H groups in total. The van der Waals surface area contributed by atoms with E-state index < -0.39 is 0 Å². The molecule has 106 valence electrons. The second-order valence-corrected chi connectivity index (χ2v) is 5.75. The third kappa shape index (κ3) is 3.15. The summed E-state index contributed by atoms with van der Waals surface area (Å²) in [5, 5.41) is 3.62. The topological polar surface area (TPSA) is 28.2 Å². The van der Waals surface area contributed by atoms with Crippen LogP contribution in [0.5, 0.6) is 0 Å². The predicted octanol–water partition coefficient (Wildman–Crippen LogP) is 2.85. The van der Waals surface area contributed by atoms with Gasteiger partial charge in [0.15, 0.2) is 0 Å². The van der Waals surface area contributed by atoms with Crippen molar-refractivity contribution in [1.82, 2.24) is 15.2 Å². The van der Waals surface area contributed by atoms with Gasteiger partial charge in [-0.2, -0.15) is 0 Å². The Morgan fingerprint density at radius 3 is 2.89 bits per heavy atom. The lowest BCUT2D eigenvalue weighted by Gasteiger charge is -2.45. The lowest BCUT2D eigenvalue weighted by Crippen LogP contribution is -2.53. The van der Waals surface area contributed by atoms with Gasteiger partial charge in [-0.15, -0.1) is 0 Å². The Hall–Kier alpha value is -0.930. The molecule has 2 heterocycles. The minimum absolute atomic E-state index is 0.453. The molecule has 4 unspecified atom stereocenters. The summed E-state index contributed by atoms with van der Waals surface area (Å²) in [5.74, 6) is 0.688. The van der Waals surface area contributed by atoms with E-state index in [0.29, 0.717) is 24.0 Å². The van der Waals surface area contributed by atoms with Gasteiger partial charge in [0.05, 0.1) is 0 Å². The number of nitrogens with zero attached hydrogens (tertiary/aromatic N) is 2. The van der Waals surface area contributed by atoms with E-state index in [1.165, 1.54) is 18.5 Å². The van der Waals surface area contributed by atoms with Crippen LogP contribution in [0.4, 0.5) is 0 Å². The summed E-state index contributed by atoms with van der Waals surface area (Å²) >= 11 is 0. The predicted molar refractivity (Wildman–Crippen MR) is 80.1 cm³/mol. The van der Waals surface area contributed by atoms with Crippen molar-refractivity contribution < 1.29 is 0 Å². The van der Waals surface area contributed by atoms with Gasteiger partial charge in [-0.1, -0.05) is 19.9 Å². The first-order chi connectivity index (χ1) is 9.15. The van der Waals surface area contributed by atoms with E-state index in [4.69, 9.17) is 0 Å². The average molecular weight is 261 g/mol. The molecule has 0 saturated carbocycles. The van der Waals surface area contributed by atoms with Crippen LogP contribution >= 0.6 is 0 Å². The van der Waals surface area contributed by atoms with Gasteiger partial charge >= 0.3 is 0 Å². The molecule has 1 aliphatic heterocycles. The van der Waals surface area contributed by atoms with Crippen LogP contribution < -0.4 is 5.32 Å². The Labute approximate surface area is 117 Å². The molecule has 1 aromatic heterocycles. The Morgan fingerprint density at radius 1 is 1.47 bits per heavy atom. The van der Waals surface area contributed by atoms with Crippen LogP contribution in [0.15, 0.2) is 24.5 Å². The monoisotopic (exact) mass is 261 g/mol. The third-order valence-electron chi connectivity index (χ3n) is 4.75. The number of pyridine rings is 1. The second-order valence-electron chi connectivity index (χ2n) is 5.75. The molecule has 2 rings (SSSR count). The number of nitrogens with one attached hydrogen (secondary N) is 1. The summed E-state index contributed by atoms with van der Waals surface area (Å²) in [6, 6.07) is 5.94. The van der Waals surface area contributed by atoms with Crippen molar-refractivity contribution in [2.45, 2.75) is 52.2 Å². The number of hydrogen-bond donors (Lipinski definition) is 1. The maximum atomic E-state index is 4.25. The quantitative estimate of drug-likeness (QED) is 0.903. The van der Waals surface area contributed by atoms with Gasteiger partial charge < -0.3 is 5.32 Å². The maximum absolute atomic E-state index is 4.25. The fourth-order valence-electron chi connectivity index (χ4n) is 3.30. The molecular formula is C16H27N3. The minimum atomic E-state index is 0.453. The smallest absolute Gasteiger partial charge is 0.0338 e. The molecule has 1 aliphatic rings. The number of likely N-dealkylation sites (tertiary alicyclic amines) is 1. The molecule has 0 amide bonds. The molecule has 19 heavy (non-hydrogen) atoms. The lowest BCUT2D eigenvalue weighted by molar-refractivity contribution is 0.0528. The molecule has 3 heteroatoms. The summed E-state index contributed by atoms with van der Waals surface area (Å²) in [4.78, 5) is 6.87. The normalized spacial score (nSPS) is 30.2. The molecule has 0 aromatic carbocycles. The van der Waals surface area contributed by atoms with Crippen LogP contribution in [0.25, 0.3) is 0 Å². The van der Waals surface area contributed by atoms with Crippen LogP contribution in [-0.2, 0) is 0 Å². The Morgan fingerprint density at radius 2 is 2.26 bits per heavy atom. The fourth-order valence-corrected chi connectivity index (χ4v) is 3.30. The van der Waals surface area contributed by atoms with E-state index in [2.05, 4.69) is 49.0 Å². The van der Waals surface area contributed by atoms with Crippen molar-refractivity contribution >= 4 is 0 Å². The van der Waals surface area contributed by atoms with Gasteiger partial charge in [-0.05, 0) is 44.4 Å². The van der Waals surface area contributed by atoms with Gasteiger partial charge in [0.2, 0.25) is 0 Å². The van der Waals surface area contributed by atoms with Crippen molar-refractivity contribution in [2.75, 3.05) is 13.1 Å². The van der Waals surface area contributed by atoms with Gasteiger partial charge in [-0.3, -0.25) is 9.88 Å². The summed E-state index contributed by atoms with van der Waals surface area (Å²) in [7, 11) is 0. The lowest BCUT2D eigenvalue weighted by atomic mass is 9.85. The summed E-state index contributed by atoms with van der Waals surface area (Å²) in [6.07, 6.45) is 5.09. The van der Waals surface area contributed by atoms with E-state index in [-0.39, 0.29) is 0 Å². The highest BCUT2D eigenvalue weighted by Gasteiger charge is 2.34. The third-order valence-corrected chi connectivity index (χ3v) is 4.75. The number of piperidine rings is 1. The molecule has 0 bridgehead atoms. The molecule has 1 aromatic rings. The zero-order valence-corrected chi connectivity index (χ0v) is 12.6. The highest BCUT2D eigenvalue weighted by molar-refractivity contribution is 5.14. The van der Waals surface area contributed by atoms with Crippen molar-refractivity contribution in [3.63, 3.8) is 0 Å². The first-order valence-corrected chi connectivity index (χ1v) is 7.54. The highest BCUT2D eigenvalue weighted by Crippen LogP contribution is 2.31. The largest absolute Gasteiger partial charge is 0.314 e. The van der Waals surface area contributed by atoms with Crippen molar-refractivity contribution in [3.8, 4) is 0 Å². The van der Waals surface area contributed by atoms with E-state index in [0.717, 1.165) is 6.54 Å². The van der Waals surface area contributed by atoms with Crippen molar-refractivity contribution in [2.24, 2.45) is 5.92 Å². The summed E-state index contributed by atoms with van der Waals surface area (Å²) < 4.78 is 0. The van der Waals surface area contributed by atoms with E-state index in [1.54, 1.807) is 0 Å². The number of aromatic nitrogens is 1. The SMILES string of the molecule is CCNC1CCN(C(C)c2cccnc2)C(C)C1C. The Kier molecular flexibility index (Phi) is 4.94. The first-order valence-electron chi connectivity index (χ1n) is 7.54. The summed E-state index contributed by atoms with van der Waals surface area (Å²) in [5.41, 5.74) is 1.32. The van der Waals surface area contributed by atoms with Crippen LogP contribution in [0, 0.1) is 5.92 Å². The minimum Gasteiger partial charge on any atom is -0.314 e. The molecule has 3 nitrogen and oxygen atoms in total. The standard InChI is InChI=1S/C16H27N3/c1-5-18-16-8-10-19(13(3)12(16)2)14(4)15-7-6-9-17-11-15/h6-7,9,11-14,16,18H,5,8,10H2,1-4H3. The van der Waals surface area contributed by atoms with Crippen LogP contribution in [0.3, 0.4) is 0 Å². The van der Waals surface area contributed by atoms with E-state index in [9.17, 15) is 0 Å². The van der Waals surface area contributed by atoms with Crippen molar-refractivity contribution in [1.29, 1.82) is 0 Å². The molecule has 4 atom stereocenters. The molecule has 0 radical (unpaired) electrons. The Bertz CT molecular complexity index is 379. The van der Waals surface area contributed by atoms with Gasteiger partial charge in [0.25, 0.3) is 0 Å². The zero-order valence-electron chi connectivity index (χ0n) is 12.6. The average Bonchev–Trinajstić information content (AvgIpc) is 2.45. The van der Waals surface area contributed by atoms with Crippen LogP contribution in [0.1, 0.15) is 45.7 Å². The van der Waals surface area contributed by atoms with Gasteiger partial charge in [-0.25, -0.2) is 0 Å². The Balaban J connectivity index is 2.06. The van der Waals surface area contributed by atoms with E-state index in [1.807, 2.05) is 18.5 Å². The first kappa shape index (κ1) is 14.5. The van der Waals surface area contributed by atoms with Crippen LogP contribution in [0.2, 0.25) is 0 Å². The zero-order chi connectivity index (χ0) is 13.8.